The van der Waals surface area contributed by atoms with E-state index in [1.807, 2.05) is 32.9 Å². The molecule has 7 nitrogen and oxygen atoms in total. The molecule has 2 unspecified atom stereocenters. The predicted molar refractivity (Wildman–Crippen MR) is 173 cm³/mol. The van der Waals surface area contributed by atoms with Gasteiger partial charge in [0.25, 0.3) is 0 Å². The summed E-state index contributed by atoms with van der Waals surface area (Å²) in [5.41, 5.74) is 2.42. The summed E-state index contributed by atoms with van der Waals surface area (Å²) in [7, 11) is -3.50. The summed E-state index contributed by atoms with van der Waals surface area (Å²) >= 11 is 0. The molecule has 2 aromatic rings. The summed E-state index contributed by atoms with van der Waals surface area (Å²) in [6.45, 7) is 13.9. The highest BCUT2D eigenvalue weighted by Gasteiger charge is 2.36. The number of amidine groups is 1. The lowest BCUT2D eigenvalue weighted by molar-refractivity contribution is -0.124. The van der Waals surface area contributed by atoms with Crippen molar-refractivity contribution in [1.29, 1.82) is 0 Å². The molecule has 1 amide bonds. The van der Waals surface area contributed by atoms with Crippen molar-refractivity contribution in [2.45, 2.75) is 103 Å². The highest BCUT2D eigenvalue weighted by molar-refractivity contribution is 7.89. The molecule has 2 aliphatic carbocycles. The lowest BCUT2D eigenvalue weighted by Gasteiger charge is -2.28. The Morgan fingerprint density at radius 3 is 2.29 bits per heavy atom. The highest BCUT2D eigenvalue weighted by atomic mass is 32.2. The number of aryl methyl sites for hydroxylation is 1. The van der Waals surface area contributed by atoms with Crippen LogP contribution in [-0.4, -0.2) is 37.9 Å². The van der Waals surface area contributed by atoms with Gasteiger partial charge in [0.1, 0.15) is 11.6 Å². The molecule has 2 atom stereocenters. The molecule has 0 saturated heterocycles. The van der Waals surface area contributed by atoms with Gasteiger partial charge in [-0.2, -0.15) is 0 Å². The van der Waals surface area contributed by atoms with E-state index in [9.17, 15) is 18.3 Å². The number of phenolic OH excluding ortho intramolecular Hbond substituents is 1. The lowest BCUT2D eigenvalue weighted by atomic mass is 9.79. The molecule has 1 heterocycles. The van der Waals surface area contributed by atoms with E-state index in [2.05, 4.69) is 30.5 Å². The van der Waals surface area contributed by atoms with Gasteiger partial charge in [-0.1, -0.05) is 64.5 Å². The lowest BCUT2D eigenvalue weighted by Crippen LogP contribution is -2.38. The number of rotatable bonds is 5. The molecule has 1 fully saturated rings. The number of hydrogen-bond acceptors (Lipinski definition) is 5. The van der Waals surface area contributed by atoms with Crippen molar-refractivity contribution in [2.75, 3.05) is 6.54 Å². The summed E-state index contributed by atoms with van der Waals surface area (Å²) in [4.78, 5) is 18.0. The number of amides is 1. The molecule has 5 rings (SSSR count). The SMILES string of the molecule is C=CC.CC.CCC.O=C(NC1=NC2CCc3cc(O)ccc3C2C1)C1CCC(CNS(=O)(=O)c2ccccc2)CC1. The Hall–Kier alpha value is -2.97. The van der Waals surface area contributed by atoms with Crippen LogP contribution in [0.2, 0.25) is 0 Å². The second kappa shape index (κ2) is 17.9. The van der Waals surface area contributed by atoms with Crippen LogP contribution in [0, 0.1) is 11.8 Å². The van der Waals surface area contributed by atoms with Crippen LogP contribution in [0.3, 0.4) is 0 Å². The average Bonchev–Trinajstić information content (AvgIpc) is 3.41. The largest absolute Gasteiger partial charge is 0.508 e. The number of nitrogens with one attached hydrogen (secondary N) is 2. The molecule has 42 heavy (non-hydrogen) atoms. The summed E-state index contributed by atoms with van der Waals surface area (Å²) < 4.78 is 27.6. The van der Waals surface area contributed by atoms with Gasteiger partial charge in [0.05, 0.1) is 10.9 Å². The Labute approximate surface area is 254 Å². The third-order valence-electron chi connectivity index (χ3n) is 7.54. The standard InChI is InChI=1S/C26H31N3O4S.C3H8.C3H6.C2H6/c30-20-11-12-22-19(14-20)10-13-24-23(22)15-25(28-24)29-26(31)18-8-6-17(7-9-18)16-27-34(32,33)21-4-2-1-3-5-21;2*1-3-2;1-2/h1-5,11-12,14,17-18,23-24,27,30H,6-10,13,15-16H2,(H,28,29,31);3H2,1-2H3;3H,1H2,2H3;1-2H3. The quantitative estimate of drug-likeness (QED) is 0.319. The number of sulfonamides is 1. The zero-order valence-corrected chi connectivity index (χ0v) is 26.9. The molecular weight excluding hydrogens is 546 g/mol. The first-order valence-corrected chi connectivity index (χ1v) is 17.0. The van der Waals surface area contributed by atoms with Crippen LogP contribution in [0.4, 0.5) is 0 Å². The highest BCUT2D eigenvalue weighted by Crippen LogP contribution is 2.41. The fraction of sp³-hybridized carbons (Fsp3) is 0.529. The third kappa shape index (κ3) is 10.1. The van der Waals surface area contributed by atoms with Gasteiger partial charge in [0.15, 0.2) is 0 Å². The van der Waals surface area contributed by atoms with Crippen molar-refractivity contribution >= 4 is 21.8 Å². The number of carbonyl (C=O) groups excluding carboxylic acids is 1. The number of aliphatic imine (C=N–C) groups is 1. The Morgan fingerprint density at radius 2 is 1.67 bits per heavy atom. The molecule has 0 bridgehead atoms. The number of hydrogen-bond donors (Lipinski definition) is 3. The van der Waals surface area contributed by atoms with Crippen molar-refractivity contribution in [3.05, 3.63) is 72.3 Å². The number of phenols is 1. The van der Waals surface area contributed by atoms with Gasteiger partial charge in [-0.3, -0.25) is 9.79 Å². The summed E-state index contributed by atoms with van der Waals surface area (Å²) in [6, 6.07) is 14.2. The van der Waals surface area contributed by atoms with Crippen LogP contribution in [0.25, 0.3) is 0 Å². The minimum Gasteiger partial charge on any atom is -0.508 e. The van der Waals surface area contributed by atoms with Gasteiger partial charge < -0.3 is 10.4 Å². The zero-order valence-electron chi connectivity index (χ0n) is 26.1. The first-order valence-electron chi connectivity index (χ1n) is 15.5. The van der Waals surface area contributed by atoms with Crippen LogP contribution >= 0.6 is 0 Å². The van der Waals surface area contributed by atoms with Crippen molar-refractivity contribution in [3.8, 4) is 5.75 Å². The fourth-order valence-electron chi connectivity index (χ4n) is 5.61. The van der Waals surface area contributed by atoms with Gasteiger partial charge >= 0.3 is 0 Å². The van der Waals surface area contributed by atoms with Gasteiger partial charge in [-0.25, -0.2) is 13.1 Å². The zero-order chi connectivity index (χ0) is 31.1. The third-order valence-corrected chi connectivity index (χ3v) is 8.97. The number of nitrogens with zero attached hydrogens (tertiary/aromatic N) is 1. The molecule has 232 valence electrons. The number of allylic oxidation sites excluding steroid dienone is 1. The minimum absolute atomic E-state index is 0.0339. The van der Waals surface area contributed by atoms with Crippen LogP contribution in [0.15, 0.2) is 71.1 Å². The van der Waals surface area contributed by atoms with Crippen LogP contribution in [-0.2, 0) is 21.2 Å². The number of carbonyl (C=O) groups is 1. The molecule has 8 heteroatoms. The summed E-state index contributed by atoms with van der Waals surface area (Å²) in [6.07, 6.45) is 8.72. The van der Waals surface area contributed by atoms with Crippen molar-refractivity contribution in [2.24, 2.45) is 16.8 Å². The fourth-order valence-corrected chi connectivity index (χ4v) is 6.75. The number of fused-ring (bicyclic) bond motifs is 3. The molecule has 1 saturated carbocycles. The molecule has 0 spiro atoms. The van der Waals surface area contributed by atoms with E-state index in [4.69, 9.17) is 4.99 Å². The van der Waals surface area contributed by atoms with Crippen LogP contribution in [0.5, 0.6) is 5.75 Å². The van der Waals surface area contributed by atoms with Crippen molar-refractivity contribution in [1.82, 2.24) is 10.0 Å². The first-order chi connectivity index (χ1) is 20.2. The van der Waals surface area contributed by atoms with Gasteiger partial charge in [-0.15, -0.1) is 6.58 Å². The van der Waals surface area contributed by atoms with Gasteiger partial charge in [0, 0.05) is 24.8 Å². The predicted octanol–water partition coefficient (Wildman–Crippen LogP) is 7.13. The molecule has 3 aliphatic rings. The van der Waals surface area contributed by atoms with Crippen LogP contribution in [0.1, 0.15) is 96.6 Å². The molecular formula is C34H51N3O4S. The van der Waals surface area contributed by atoms with Crippen molar-refractivity contribution < 1.29 is 18.3 Å². The monoisotopic (exact) mass is 597 g/mol. The Balaban J connectivity index is 0.000000699. The van der Waals surface area contributed by atoms with E-state index in [0.29, 0.717) is 12.3 Å². The normalized spacial score (nSPS) is 22.2. The molecule has 0 radical (unpaired) electrons. The number of benzene rings is 2. The maximum atomic E-state index is 12.9. The van der Waals surface area contributed by atoms with E-state index >= 15 is 0 Å². The molecule has 0 aromatic heterocycles. The molecule has 1 aliphatic heterocycles. The Kier molecular flexibility index (Phi) is 15.0. The maximum absolute atomic E-state index is 12.9. The van der Waals surface area contributed by atoms with Gasteiger partial charge in [0.2, 0.25) is 15.9 Å². The molecule has 3 N–H and O–H groups in total. The first kappa shape index (κ1) is 35.2. The van der Waals surface area contributed by atoms with E-state index in [-0.39, 0.29) is 34.6 Å². The smallest absolute Gasteiger partial charge is 0.240 e. The Morgan fingerprint density at radius 1 is 1.05 bits per heavy atom. The Bertz CT molecular complexity index is 1250. The topological polar surface area (TPSA) is 108 Å². The maximum Gasteiger partial charge on any atom is 0.240 e. The van der Waals surface area contributed by atoms with Crippen molar-refractivity contribution in [3.63, 3.8) is 0 Å². The van der Waals surface area contributed by atoms with E-state index < -0.39 is 10.0 Å². The van der Waals surface area contributed by atoms with Gasteiger partial charge in [-0.05, 0) is 86.8 Å². The summed E-state index contributed by atoms with van der Waals surface area (Å²) in [5, 5.41) is 12.9. The second-order valence-electron chi connectivity index (χ2n) is 10.9. The minimum atomic E-state index is -3.50. The van der Waals surface area contributed by atoms with Crippen LogP contribution < -0.4 is 10.0 Å². The second-order valence-corrected chi connectivity index (χ2v) is 12.6. The average molecular weight is 598 g/mol. The molecule has 2 aromatic carbocycles. The van der Waals surface area contributed by atoms with E-state index in [1.165, 1.54) is 17.5 Å². The van der Waals surface area contributed by atoms with E-state index in [0.717, 1.165) is 50.8 Å². The summed E-state index contributed by atoms with van der Waals surface area (Å²) in [5.74, 6) is 1.56. The number of aromatic hydroxyl groups is 1. The van der Waals surface area contributed by atoms with E-state index in [1.54, 1.807) is 42.5 Å².